The number of nitrogens with two attached hydrogens (primary N) is 1. The van der Waals surface area contributed by atoms with Crippen LogP contribution in [-0.2, 0) is 0 Å². The summed E-state index contributed by atoms with van der Waals surface area (Å²) in [5, 5.41) is 3.23. The molecular weight excluding hydrogens is 240 g/mol. The van der Waals surface area contributed by atoms with Crippen LogP contribution in [0.4, 0.5) is 0 Å². The third kappa shape index (κ3) is 1.82. The van der Waals surface area contributed by atoms with Crippen molar-refractivity contribution < 1.29 is 0 Å². The monoisotopic (exact) mass is 254 g/mol. The molecule has 0 saturated carbocycles. The van der Waals surface area contributed by atoms with Crippen molar-refractivity contribution in [3.8, 4) is 0 Å². The second-order valence-electron chi connectivity index (χ2n) is 4.33. The predicted octanol–water partition coefficient (Wildman–Crippen LogP) is 3.65. The van der Waals surface area contributed by atoms with Gasteiger partial charge in [-0.15, -0.1) is 11.3 Å². The van der Waals surface area contributed by atoms with Crippen molar-refractivity contribution in [2.24, 2.45) is 5.73 Å². The molecule has 0 amide bonds. The summed E-state index contributed by atoms with van der Waals surface area (Å²) in [6.07, 6.45) is 1.81. The lowest BCUT2D eigenvalue weighted by molar-refractivity contribution is 0.878. The van der Waals surface area contributed by atoms with Crippen LogP contribution in [0.15, 0.2) is 48.0 Å². The Morgan fingerprint density at radius 3 is 2.78 bits per heavy atom. The largest absolute Gasteiger partial charge is 0.320 e. The van der Waals surface area contributed by atoms with Crippen molar-refractivity contribution in [1.82, 2.24) is 4.98 Å². The van der Waals surface area contributed by atoms with Crippen LogP contribution < -0.4 is 5.73 Å². The maximum Gasteiger partial charge on any atom is 0.0705 e. The maximum atomic E-state index is 6.41. The minimum atomic E-state index is -0.0795. The molecule has 2 nitrogen and oxygen atoms in total. The van der Waals surface area contributed by atoms with Gasteiger partial charge in [0.15, 0.2) is 0 Å². The fourth-order valence-electron chi connectivity index (χ4n) is 2.28. The van der Waals surface area contributed by atoms with E-state index in [1.165, 1.54) is 10.4 Å². The van der Waals surface area contributed by atoms with Crippen molar-refractivity contribution in [2.75, 3.05) is 0 Å². The summed E-state index contributed by atoms with van der Waals surface area (Å²) in [6, 6.07) is 12.2. The predicted molar refractivity (Wildman–Crippen MR) is 76.8 cm³/mol. The quantitative estimate of drug-likeness (QED) is 0.758. The summed E-state index contributed by atoms with van der Waals surface area (Å²) >= 11 is 1.74. The molecule has 0 saturated heterocycles. The molecule has 1 aromatic carbocycles. The second-order valence-corrected chi connectivity index (χ2v) is 5.45. The number of pyridine rings is 1. The first-order chi connectivity index (χ1) is 8.77. The lowest BCUT2D eigenvalue weighted by Crippen LogP contribution is -2.12. The lowest BCUT2D eigenvalue weighted by Gasteiger charge is -2.14. The minimum absolute atomic E-state index is 0.0795. The van der Waals surface area contributed by atoms with E-state index in [1.807, 2.05) is 24.4 Å². The van der Waals surface area contributed by atoms with Crippen molar-refractivity contribution in [1.29, 1.82) is 0 Å². The van der Waals surface area contributed by atoms with Gasteiger partial charge >= 0.3 is 0 Å². The number of rotatable bonds is 2. The summed E-state index contributed by atoms with van der Waals surface area (Å²) < 4.78 is 0. The van der Waals surface area contributed by atoms with Crippen molar-refractivity contribution in [3.63, 3.8) is 0 Å². The van der Waals surface area contributed by atoms with Crippen LogP contribution in [0.25, 0.3) is 10.9 Å². The van der Waals surface area contributed by atoms with Gasteiger partial charge in [0.25, 0.3) is 0 Å². The highest BCUT2D eigenvalue weighted by Crippen LogP contribution is 2.30. The number of aromatic nitrogens is 1. The molecule has 0 fully saturated rings. The fourth-order valence-corrected chi connectivity index (χ4v) is 3.03. The van der Waals surface area contributed by atoms with Gasteiger partial charge < -0.3 is 5.73 Å². The van der Waals surface area contributed by atoms with Gasteiger partial charge in [0.1, 0.15) is 0 Å². The molecule has 0 spiro atoms. The molecule has 2 aromatic heterocycles. The molecule has 0 aliphatic carbocycles. The zero-order chi connectivity index (χ0) is 12.5. The summed E-state index contributed by atoms with van der Waals surface area (Å²) in [6.45, 7) is 2.11. The van der Waals surface area contributed by atoms with Crippen LogP contribution in [0, 0.1) is 6.92 Å². The van der Waals surface area contributed by atoms with Crippen LogP contribution in [0.2, 0.25) is 0 Å². The Hall–Kier alpha value is -1.71. The third-order valence-electron chi connectivity index (χ3n) is 3.25. The molecule has 1 unspecified atom stereocenters. The molecule has 0 bridgehead atoms. The Kier molecular flexibility index (Phi) is 2.86. The Morgan fingerprint density at radius 2 is 2.00 bits per heavy atom. The van der Waals surface area contributed by atoms with Gasteiger partial charge in [-0.25, -0.2) is 0 Å². The van der Waals surface area contributed by atoms with Gasteiger partial charge in [-0.05, 0) is 41.6 Å². The molecule has 2 heterocycles. The Bertz CT molecular complexity index is 682. The SMILES string of the molecule is Cc1sccc1C(N)c1cccc2ncccc12. The van der Waals surface area contributed by atoms with E-state index in [4.69, 9.17) is 5.73 Å². The van der Waals surface area contributed by atoms with Crippen LogP contribution in [-0.4, -0.2) is 4.98 Å². The number of benzene rings is 1. The molecule has 18 heavy (non-hydrogen) atoms. The molecule has 90 valence electrons. The zero-order valence-electron chi connectivity index (χ0n) is 10.1. The highest BCUT2D eigenvalue weighted by atomic mass is 32.1. The van der Waals surface area contributed by atoms with Crippen molar-refractivity contribution >= 4 is 22.2 Å². The fraction of sp³-hybridized carbons (Fsp3) is 0.133. The first-order valence-electron chi connectivity index (χ1n) is 5.90. The Balaban J connectivity index is 2.18. The summed E-state index contributed by atoms with van der Waals surface area (Å²) in [7, 11) is 0. The average molecular weight is 254 g/mol. The van der Waals surface area contributed by atoms with Gasteiger partial charge in [-0.2, -0.15) is 0 Å². The number of hydrogen-bond acceptors (Lipinski definition) is 3. The second kappa shape index (κ2) is 4.52. The van der Waals surface area contributed by atoms with Crippen molar-refractivity contribution in [3.05, 3.63) is 64.0 Å². The van der Waals surface area contributed by atoms with Gasteiger partial charge in [0.2, 0.25) is 0 Å². The molecule has 3 heteroatoms. The van der Waals surface area contributed by atoms with Crippen LogP contribution in [0.3, 0.4) is 0 Å². The first-order valence-corrected chi connectivity index (χ1v) is 6.78. The van der Waals surface area contributed by atoms with Crippen LogP contribution >= 0.6 is 11.3 Å². The van der Waals surface area contributed by atoms with E-state index >= 15 is 0 Å². The number of aryl methyl sites for hydroxylation is 1. The molecule has 3 aromatic rings. The highest BCUT2D eigenvalue weighted by molar-refractivity contribution is 7.10. The molecule has 0 radical (unpaired) electrons. The van der Waals surface area contributed by atoms with Gasteiger partial charge in [0.05, 0.1) is 11.6 Å². The van der Waals surface area contributed by atoms with Gasteiger partial charge in [-0.1, -0.05) is 18.2 Å². The normalized spacial score (nSPS) is 12.8. The van der Waals surface area contributed by atoms with Crippen LogP contribution in [0.5, 0.6) is 0 Å². The van der Waals surface area contributed by atoms with E-state index in [1.54, 1.807) is 11.3 Å². The van der Waals surface area contributed by atoms with E-state index in [0.29, 0.717) is 0 Å². The smallest absolute Gasteiger partial charge is 0.0705 e. The summed E-state index contributed by atoms with van der Waals surface area (Å²) in [4.78, 5) is 5.66. The molecule has 2 N–H and O–H groups in total. The van der Waals surface area contributed by atoms with E-state index in [-0.39, 0.29) is 6.04 Å². The lowest BCUT2D eigenvalue weighted by atomic mass is 9.96. The highest BCUT2D eigenvalue weighted by Gasteiger charge is 2.14. The molecule has 3 rings (SSSR count). The molecule has 0 aliphatic heterocycles. The maximum absolute atomic E-state index is 6.41. The van der Waals surface area contributed by atoms with E-state index < -0.39 is 0 Å². The number of thiophene rings is 1. The average Bonchev–Trinajstić information content (AvgIpc) is 2.83. The van der Waals surface area contributed by atoms with Crippen molar-refractivity contribution in [2.45, 2.75) is 13.0 Å². The molecule has 1 atom stereocenters. The van der Waals surface area contributed by atoms with Crippen LogP contribution in [0.1, 0.15) is 22.0 Å². The third-order valence-corrected chi connectivity index (χ3v) is 4.11. The van der Waals surface area contributed by atoms with Gasteiger partial charge in [-0.3, -0.25) is 4.98 Å². The standard InChI is InChI=1S/C15H14N2S/c1-10-11(7-9-18-10)15(16)13-4-2-6-14-12(13)5-3-8-17-14/h2-9,15H,16H2,1H3. The Labute approximate surface area is 110 Å². The van der Waals surface area contributed by atoms with Gasteiger partial charge in [0, 0.05) is 16.5 Å². The number of hydrogen-bond donors (Lipinski definition) is 1. The zero-order valence-corrected chi connectivity index (χ0v) is 10.9. The topological polar surface area (TPSA) is 38.9 Å². The minimum Gasteiger partial charge on any atom is -0.320 e. The number of fused-ring (bicyclic) bond motifs is 1. The molecular formula is C15H14N2S. The summed E-state index contributed by atoms with van der Waals surface area (Å²) in [5.74, 6) is 0. The van der Waals surface area contributed by atoms with E-state index in [2.05, 4.69) is 35.5 Å². The molecule has 0 aliphatic rings. The number of nitrogens with zero attached hydrogens (tertiary/aromatic N) is 1. The summed E-state index contributed by atoms with van der Waals surface area (Å²) in [5.41, 5.74) is 9.75. The van der Waals surface area contributed by atoms with E-state index in [9.17, 15) is 0 Å². The first kappa shape index (κ1) is 11.4. The van der Waals surface area contributed by atoms with E-state index in [0.717, 1.165) is 16.5 Å². The Morgan fingerprint density at radius 1 is 1.11 bits per heavy atom.